The van der Waals surface area contributed by atoms with E-state index in [1.165, 1.54) is 0 Å². The number of aromatic nitrogens is 4. The van der Waals surface area contributed by atoms with E-state index in [9.17, 15) is 4.79 Å². The van der Waals surface area contributed by atoms with Crippen LogP contribution in [0.25, 0.3) is 22.4 Å². The zero-order valence-electron chi connectivity index (χ0n) is 16.0. The van der Waals surface area contributed by atoms with E-state index >= 15 is 0 Å². The molecule has 3 atom stereocenters. The molecule has 2 aliphatic rings. The molecule has 8 nitrogen and oxygen atoms in total. The number of carbonyl (C=O) groups is 1. The van der Waals surface area contributed by atoms with Crippen molar-refractivity contribution in [2.24, 2.45) is 23.5 Å². The first-order valence-electron chi connectivity index (χ1n) is 9.79. The number of hydrogen-bond donors (Lipinski definition) is 3. The Bertz CT molecular complexity index is 1090. The molecule has 1 aliphatic heterocycles. The molecular weight excluding hydrogens is 390 g/mol. The van der Waals surface area contributed by atoms with Gasteiger partial charge >= 0.3 is 0 Å². The molecule has 3 unspecified atom stereocenters. The molecule has 1 saturated carbocycles. The van der Waals surface area contributed by atoms with E-state index in [2.05, 4.69) is 25.4 Å². The van der Waals surface area contributed by atoms with Crippen molar-refractivity contribution in [1.82, 2.24) is 25.5 Å². The minimum Gasteiger partial charge on any atom is -0.355 e. The van der Waals surface area contributed by atoms with E-state index in [4.69, 9.17) is 22.3 Å². The van der Waals surface area contributed by atoms with Gasteiger partial charge in [-0.1, -0.05) is 17.7 Å². The molecule has 5 rings (SSSR count). The highest BCUT2D eigenvalue weighted by molar-refractivity contribution is 6.34. The van der Waals surface area contributed by atoms with Crippen molar-refractivity contribution in [3.05, 3.63) is 35.0 Å². The normalized spacial score (nSPS) is 23.1. The molecular formula is C20H22ClN7O. The third-order valence-electron chi connectivity index (χ3n) is 6.25. The largest absolute Gasteiger partial charge is 0.355 e. The van der Waals surface area contributed by atoms with Gasteiger partial charge in [0.05, 0.1) is 16.9 Å². The monoisotopic (exact) mass is 411 g/mol. The van der Waals surface area contributed by atoms with Gasteiger partial charge in [0.1, 0.15) is 11.3 Å². The van der Waals surface area contributed by atoms with Gasteiger partial charge in [-0.2, -0.15) is 5.10 Å². The number of nitrogens with two attached hydrogens (primary N) is 1. The van der Waals surface area contributed by atoms with Gasteiger partial charge in [0, 0.05) is 31.3 Å². The van der Waals surface area contributed by atoms with Crippen LogP contribution in [0, 0.1) is 17.8 Å². The predicted octanol–water partition coefficient (Wildman–Crippen LogP) is 2.06. The summed E-state index contributed by atoms with van der Waals surface area (Å²) in [6.07, 6.45) is 2.96. The van der Waals surface area contributed by atoms with Crippen LogP contribution in [-0.2, 0) is 0 Å². The Morgan fingerprint density at radius 2 is 2.28 bits per heavy atom. The maximum Gasteiger partial charge on any atom is 0.251 e. The molecule has 9 heteroatoms. The Kier molecular flexibility index (Phi) is 4.40. The molecule has 3 heterocycles. The van der Waals surface area contributed by atoms with E-state index < -0.39 is 0 Å². The van der Waals surface area contributed by atoms with E-state index in [1.54, 1.807) is 31.4 Å². The Morgan fingerprint density at radius 1 is 1.41 bits per heavy atom. The molecule has 29 heavy (non-hydrogen) atoms. The molecule has 2 aromatic heterocycles. The second-order valence-electron chi connectivity index (χ2n) is 7.73. The maximum absolute atomic E-state index is 11.8. The quantitative estimate of drug-likeness (QED) is 0.605. The summed E-state index contributed by atoms with van der Waals surface area (Å²) in [7, 11) is 1.58. The number of nitrogens with one attached hydrogen (secondary N) is 2. The first-order valence-corrected chi connectivity index (χ1v) is 10.2. The number of nitrogens with zero attached hydrogens (tertiary/aromatic N) is 4. The topological polar surface area (TPSA) is 113 Å². The van der Waals surface area contributed by atoms with Crippen LogP contribution in [0.3, 0.4) is 0 Å². The van der Waals surface area contributed by atoms with E-state index in [1.807, 2.05) is 0 Å². The number of fused-ring (bicyclic) bond motifs is 2. The summed E-state index contributed by atoms with van der Waals surface area (Å²) in [5.41, 5.74) is 8.99. The molecule has 1 aliphatic carbocycles. The summed E-state index contributed by atoms with van der Waals surface area (Å²) in [5.74, 6) is 2.78. The van der Waals surface area contributed by atoms with Crippen molar-refractivity contribution in [3.8, 4) is 11.3 Å². The number of rotatable bonds is 4. The molecule has 1 saturated heterocycles. The number of hydrogen-bond acceptors (Lipinski definition) is 6. The Labute approximate surface area is 172 Å². The van der Waals surface area contributed by atoms with Crippen LogP contribution in [0.1, 0.15) is 16.8 Å². The summed E-state index contributed by atoms with van der Waals surface area (Å²) >= 11 is 6.43. The summed E-state index contributed by atoms with van der Waals surface area (Å²) in [4.78, 5) is 23.4. The molecule has 3 aromatic rings. The van der Waals surface area contributed by atoms with E-state index in [-0.39, 0.29) is 5.91 Å². The molecule has 0 radical (unpaired) electrons. The van der Waals surface area contributed by atoms with Gasteiger partial charge in [0.2, 0.25) is 5.65 Å². The average Bonchev–Trinajstić information content (AvgIpc) is 3.31. The number of anilines is 1. The highest BCUT2D eigenvalue weighted by Crippen LogP contribution is 2.51. The van der Waals surface area contributed by atoms with Crippen molar-refractivity contribution >= 4 is 34.5 Å². The lowest BCUT2D eigenvalue weighted by Gasteiger charge is -2.26. The number of benzene rings is 1. The number of aromatic amines is 1. The standard InChI is InChI=1S/C20H22ClN7O/c1-23-20(29)10-2-3-12(15(21)6-10)17-18-19(27-26-17)25-16(8-24-18)28-5-4-11-13(7-22)14(11)9-28/h2-3,6,8,11,13-14H,4-5,7,9,22H2,1H3,(H,23,29)(H,25,26,27). The minimum atomic E-state index is -0.186. The summed E-state index contributed by atoms with van der Waals surface area (Å²) < 4.78 is 0. The lowest BCUT2D eigenvalue weighted by molar-refractivity contribution is 0.0963. The molecule has 1 amide bonds. The Hall–Kier alpha value is -2.71. The van der Waals surface area contributed by atoms with Crippen LogP contribution >= 0.6 is 11.6 Å². The van der Waals surface area contributed by atoms with Crippen molar-refractivity contribution in [2.75, 3.05) is 31.6 Å². The van der Waals surface area contributed by atoms with Crippen molar-refractivity contribution in [2.45, 2.75) is 6.42 Å². The van der Waals surface area contributed by atoms with Crippen LogP contribution in [0.5, 0.6) is 0 Å². The van der Waals surface area contributed by atoms with Crippen molar-refractivity contribution in [3.63, 3.8) is 0 Å². The number of piperidine rings is 1. The second-order valence-corrected chi connectivity index (χ2v) is 8.14. The van der Waals surface area contributed by atoms with Gasteiger partial charge < -0.3 is 16.0 Å². The van der Waals surface area contributed by atoms with Crippen LogP contribution in [0.2, 0.25) is 5.02 Å². The van der Waals surface area contributed by atoms with Crippen LogP contribution < -0.4 is 16.0 Å². The smallest absolute Gasteiger partial charge is 0.251 e. The molecule has 150 valence electrons. The molecule has 4 N–H and O–H groups in total. The fourth-order valence-electron chi connectivity index (χ4n) is 4.56. The lowest BCUT2D eigenvalue weighted by Crippen LogP contribution is -2.32. The summed E-state index contributed by atoms with van der Waals surface area (Å²) in [6, 6.07) is 5.15. The van der Waals surface area contributed by atoms with Crippen molar-refractivity contribution in [1.29, 1.82) is 0 Å². The van der Waals surface area contributed by atoms with Gasteiger partial charge in [-0.25, -0.2) is 9.97 Å². The molecule has 0 bridgehead atoms. The first kappa shape index (κ1) is 18.3. The minimum absolute atomic E-state index is 0.186. The lowest BCUT2D eigenvalue weighted by atomic mass is 10.1. The van der Waals surface area contributed by atoms with Gasteiger partial charge in [0.15, 0.2) is 0 Å². The van der Waals surface area contributed by atoms with Crippen LogP contribution in [0.4, 0.5) is 5.82 Å². The molecule has 2 fully saturated rings. The van der Waals surface area contributed by atoms with Crippen LogP contribution in [-0.4, -0.2) is 52.8 Å². The fraction of sp³-hybridized carbons (Fsp3) is 0.400. The van der Waals surface area contributed by atoms with Crippen molar-refractivity contribution < 1.29 is 4.79 Å². The van der Waals surface area contributed by atoms with Gasteiger partial charge in [-0.3, -0.25) is 9.89 Å². The fourth-order valence-corrected chi connectivity index (χ4v) is 4.84. The number of carbonyl (C=O) groups excluding carboxylic acids is 1. The van der Waals surface area contributed by atoms with E-state index in [0.717, 1.165) is 43.4 Å². The molecule has 1 aromatic carbocycles. The van der Waals surface area contributed by atoms with Gasteiger partial charge in [-0.05, 0) is 42.9 Å². The number of halogens is 1. The number of amides is 1. The maximum atomic E-state index is 11.8. The van der Waals surface area contributed by atoms with Crippen LogP contribution in [0.15, 0.2) is 24.4 Å². The zero-order valence-corrected chi connectivity index (χ0v) is 16.8. The Balaban J connectivity index is 1.44. The first-order chi connectivity index (χ1) is 14.1. The highest BCUT2D eigenvalue weighted by Gasteiger charge is 2.51. The van der Waals surface area contributed by atoms with E-state index in [0.29, 0.717) is 39.3 Å². The third kappa shape index (κ3) is 3.03. The number of H-pyrrole nitrogens is 1. The van der Waals surface area contributed by atoms with Gasteiger partial charge in [-0.15, -0.1) is 0 Å². The summed E-state index contributed by atoms with van der Waals surface area (Å²) in [6.45, 7) is 2.73. The average molecular weight is 412 g/mol. The highest BCUT2D eigenvalue weighted by atomic mass is 35.5. The molecule has 0 spiro atoms. The van der Waals surface area contributed by atoms with Gasteiger partial charge in [0.25, 0.3) is 5.91 Å². The third-order valence-corrected chi connectivity index (χ3v) is 6.56. The SMILES string of the molecule is CNC(=O)c1ccc(-c2[nH]nc3nc(N4CCC5C(CN)C5C4)cnc23)c(Cl)c1. The summed E-state index contributed by atoms with van der Waals surface area (Å²) in [5, 5.41) is 10.4. The Morgan fingerprint density at radius 3 is 3.03 bits per heavy atom. The second kappa shape index (κ2) is 6.96. The zero-order chi connectivity index (χ0) is 20.1. The predicted molar refractivity (Wildman–Crippen MR) is 112 cm³/mol.